The predicted molar refractivity (Wildman–Crippen MR) is 82.4 cm³/mol. The molecule has 0 spiro atoms. The highest BCUT2D eigenvalue weighted by atomic mass is 79.9. The number of piperazine rings is 1. The second-order valence-corrected chi connectivity index (χ2v) is 5.82. The molecule has 0 aliphatic carbocycles. The third kappa shape index (κ3) is 3.40. The van der Waals surface area contributed by atoms with Crippen molar-refractivity contribution in [2.75, 3.05) is 26.2 Å². The maximum Gasteiger partial charge on any atom is 0.179 e. The van der Waals surface area contributed by atoms with Gasteiger partial charge in [-0.15, -0.1) is 6.58 Å². The van der Waals surface area contributed by atoms with Crippen molar-refractivity contribution >= 4 is 15.9 Å². The number of rotatable bonds is 5. The maximum absolute atomic E-state index is 13.9. The molecule has 0 radical (unpaired) electrons. The van der Waals surface area contributed by atoms with Crippen LogP contribution in [0.4, 0.5) is 4.39 Å². The van der Waals surface area contributed by atoms with Gasteiger partial charge in [0.1, 0.15) is 0 Å². The van der Waals surface area contributed by atoms with Gasteiger partial charge in [-0.3, -0.25) is 4.90 Å². The first-order chi connectivity index (χ1) is 9.65. The fraction of sp³-hybridized carbons (Fsp3) is 0.467. The van der Waals surface area contributed by atoms with Crippen LogP contribution in [0.5, 0.6) is 5.75 Å². The molecule has 1 aliphatic heterocycles. The van der Waals surface area contributed by atoms with Gasteiger partial charge < -0.3 is 10.4 Å². The number of nitrogens with zero attached hydrogens (tertiary/aromatic N) is 1. The molecule has 3 nitrogen and oxygen atoms in total. The molecule has 110 valence electrons. The van der Waals surface area contributed by atoms with E-state index in [0.29, 0.717) is 10.0 Å². The Balaban J connectivity index is 2.29. The first-order valence-electron chi connectivity index (χ1n) is 6.87. The summed E-state index contributed by atoms with van der Waals surface area (Å²) in [6, 6.07) is 3.49. The zero-order chi connectivity index (χ0) is 14.5. The van der Waals surface area contributed by atoms with E-state index in [2.05, 4.69) is 32.7 Å². The van der Waals surface area contributed by atoms with E-state index in [4.69, 9.17) is 0 Å². The minimum Gasteiger partial charge on any atom is -0.505 e. The van der Waals surface area contributed by atoms with Gasteiger partial charge in [-0.1, -0.05) is 12.1 Å². The lowest BCUT2D eigenvalue weighted by Crippen LogP contribution is -2.45. The van der Waals surface area contributed by atoms with Crippen molar-refractivity contribution in [1.29, 1.82) is 0 Å². The topological polar surface area (TPSA) is 35.5 Å². The molecule has 1 aliphatic rings. The normalized spacial score (nSPS) is 17.9. The lowest BCUT2D eigenvalue weighted by molar-refractivity contribution is 0.163. The van der Waals surface area contributed by atoms with Gasteiger partial charge in [-0.2, -0.15) is 0 Å². The van der Waals surface area contributed by atoms with E-state index < -0.39 is 5.82 Å². The van der Waals surface area contributed by atoms with Crippen LogP contribution in [0.1, 0.15) is 24.4 Å². The highest BCUT2D eigenvalue weighted by molar-refractivity contribution is 9.10. The Kier molecular flexibility index (Phi) is 5.57. The molecular weight excluding hydrogens is 323 g/mol. The molecule has 0 unspecified atom stereocenters. The minimum absolute atomic E-state index is 0.0256. The summed E-state index contributed by atoms with van der Waals surface area (Å²) in [5, 5.41) is 13.4. The summed E-state index contributed by atoms with van der Waals surface area (Å²) in [7, 11) is 0. The van der Waals surface area contributed by atoms with E-state index >= 15 is 0 Å². The molecular formula is C15H20BrFN2O. The first-order valence-corrected chi connectivity index (χ1v) is 7.67. The zero-order valence-electron chi connectivity index (χ0n) is 11.4. The summed E-state index contributed by atoms with van der Waals surface area (Å²) in [4.78, 5) is 2.29. The van der Waals surface area contributed by atoms with Gasteiger partial charge in [0.2, 0.25) is 0 Å². The first kappa shape index (κ1) is 15.5. The third-order valence-corrected chi connectivity index (χ3v) is 4.31. The molecule has 1 fully saturated rings. The van der Waals surface area contributed by atoms with Gasteiger partial charge in [0.15, 0.2) is 11.6 Å². The molecule has 1 saturated heterocycles. The summed E-state index contributed by atoms with van der Waals surface area (Å²) in [6.07, 6.45) is 3.53. The van der Waals surface area contributed by atoms with Crippen LogP contribution in [0.3, 0.4) is 0 Å². The van der Waals surface area contributed by atoms with Crippen molar-refractivity contribution in [1.82, 2.24) is 10.2 Å². The molecule has 1 aromatic rings. The van der Waals surface area contributed by atoms with Crippen molar-refractivity contribution in [3.8, 4) is 5.75 Å². The number of nitrogens with one attached hydrogen (secondary N) is 1. The van der Waals surface area contributed by atoms with Gasteiger partial charge in [0.25, 0.3) is 0 Å². The summed E-state index contributed by atoms with van der Waals surface area (Å²) in [6.45, 7) is 7.40. The van der Waals surface area contributed by atoms with Crippen molar-refractivity contribution in [2.45, 2.75) is 18.9 Å². The van der Waals surface area contributed by atoms with E-state index in [0.717, 1.165) is 39.0 Å². The molecule has 1 atom stereocenters. The van der Waals surface area contributed by atoms with Crippen molar-refractivity contribution in [3.63, 3.8) is 0 Å². The quantitative estimate of drug-likeness (QED) is 0.806. The number of phenols is 1. The van der Waals surface area contributed by atoms with Gasteiger partial charge in [0, 0.05) is 37.8 Å². The van der Waals surface area contributed by atoms with Crippen LogP contribution < -0.4 is 5.32 Å². The number of hydrogen-bond donors (Lipinski definition) is 2. The molecule has 2 rings (SSSR count). The maximum atomic E-state index is 13.9. The molecule has 1 heterocycles. The molecule has 0 amide bonds. The van der Waals surface area contributed by atoms with Crippen molar-refractivity contribution in [3.05, 3.63) is 40.6 Å². The number of phenolic OH excluding ortho intramolecular Hbond substituents is 1. The SMILES string of the molecule is C=CCC[C@@H](c1ccc(Br)c(F)c1O)N1CCNCC1. The molecule has 0 saturated carbocycles. The molecule has 1 aromatic carbocycles. The number of benzene rings is 1. The lowest BCUT2D eigenvalue weighted by atomic mass is 9.98. The second-order valence-electron chi connectivity index (χ2n) is 4.97. The van der Waals surface area contributed by atoms with E-state index in [9.17, 15) is 9.50 Å². The number of halogens is 2. The van der Waals surface area contributed by atoms with Crippen LogP contribution in [0.25, 0.3) is 0 Å². The Labute approximate surface area is 127 Å². The highest BCUT2D eigenvalue weighted by Gasteiger charge is 2.25. The van der Waals surface area contributed by atoms with E-state index in [1.54, 1.807) is 12.1 Å². The molecule has 5 heteroatoms. The van der Waals surface area contributed by atoms with E-state index in [-0.39, 0.29) is 11.8 Å². The summed E-state index contributed by atoms with van der Waals surface area (Å²) in [5.41, 5.74) is 0.662. The zero-order valence-corrected chi connectivity index (χ0v) is 13.0. The Morgan fingerprint density at radius 2 is 2.15 bits per heavy atom. The molecule has 2 N–H and O–H groups in total. The van der Waals surface area contributed by atoms with E-state index in [1.807, 2.05) is 6.08 Å². The van der Waals surface area contributed by atoms with E-state index in [1.165, 1.54) is 0 Å². The third-order valence-electron chi connectivity index (χ3n) is 3.70. The second kappa shape index (κ2) is 7.20. The van der Waals surface area contributed by atoms with Gasteiger partial charge in [0.05, 0.1) is 4.47 Å². The fourth-order valence-corrected chi connectivity index (χ4v) is 2.95. The van der Waals surface area contributed by atoms with Crippen LogP contribution in [-0.2, 0) is 0 Å². The Hall–Kier alpha value is -0.910. The molecule has 0 aromatic heterocycles. The van der Waals surface area contributed by atoms with Crippen LogP contribution in [0.2, 0.25) is 0 Å². The predicted octanol–water partition coefficient (Wildman–Crippen LogP) is 3.21. The fourth-order valence-electron chi connectivity index (χ4n) is 2.63. The summed E-state index contributed by atoms with van der Waals surface area (Å²) in [5.74, 6) is -0.826. The Morgan fingerprint density at radius 3 is 2.80 bits per heavy atom. The summed E-state index contributed by atoms with van der Waals surface area (Å²) >= 11 is 3.10. The van der Waals surface area contributed by atoms with Crippen LogP contribution in [-0.4, -0.2) is 36.2 Å². The Bertz CT molecular complexity index is 475. The van der Waals surface area contributed by atoms with Gasteiger partial charge >= 0.3 is 0 Å². The van der Waals surface area contributed by atoms with Crippen LogP contribution >= 0.6 is 15.9 Å². The van der Waals surface area contributed by atoms with Crippen molar-refractivity contribution in [2.24, 2.45) is 0 Å². The van der Waals surface area contributed by atoms with Gasteiger partial charge in [-0.05, 0) is 34.8 Å². The average Bonchev–Trinajstić information content (AvgIpc) is 2.48. The molecule has 0 bridgehead atoms. The number of allylic oxidation sites excluding steroid dienone is 1. The largest absolute Gasteiger partial charge is 0.505 e. The smallest absolute Gasteiger partial charge is 0.179 e. The van der Waals surface area contributed by atoms with Crippen molar-refractivity contribution < 1.29 is 9.50 Å². The minimum atomic E-state index is -0.582. The average molecular weight is 343 g/mol. The monoisotopic (exact) mass is 342 g/mol. The lowest BCUT2D eigenvalue weighted by Gasteiger charge is -2.35. The number of hydrogen-bond acceptors (Lipinski definition) is 3. The van der Waals surface area contributed by atoms with Crippen LogP contribution in [0, 0.1) is 5.82 Å². The summed E-state index contributed by atoms with van der Waals surface area (Å²) < 4.78 is 14.2. The number of aromatic hydroxyl groups is 1. The van der Waals surface area contributed by atoms with Crippen LogP contribution in [0.15, 0.2) is 29.3 Å². The molecule has 20 heavy (non-hydrogen) atoms. The van der Waals surface area contributed by atoms with Gasteiger partial charge in [-0.25, -0.2) is 4.39 Å². The highest BCUT2D eigenvalue weighted by Crippen LogP contribution is 2.36. The standard InChI is InChI=1S/C15H20BrFN2O/c1-2-3-4-13(19-9-7-18-8-10-19)11-5-6-12(16)14(17)15(11)20/h2,5-6,13,18,20H,1,3-4,7-10H2/t13-/m0/s1. The Morgan fingerprint density at radius 1 is 1.45 bits per heavy atom.